The summed E-state index contributed by atoms with van der Waals surface area (Å²) in [6.07, 6.45) is 3.34. The highest BCUT2D eigenvalue weighted by atomic mass is 127. The molecule has 0 radical (unpaired) electrons. The van der Waals surface area contributed by atoms with E-state index >= 15 is 0 Å². The molecule has 0 fully saturated rings. The molecule has 2 aromatic carbocycles. The van der Waals surface area contributed by atoms with Crippen LogP contribution >= 0.6 is 22.6 Å². The van der Waals surface area contributed by atoms with Crippen LogP contribution in [0, 0.1) is 10.5 Å². The smallest absolute Gasteiger partial charge is 0.237 e. The Labute approximate surface area is 165 Å². The molecule has 4 nitrogen and oxygen atoms in total. The van der Waals surface area contributed by atoms with Crippen molar-refractivity contribution in [1.29, 1.82) is 0 Å². The van der Waals surface area contributed by atoms with Crippen molar-refractivity contribution in [2.75, 3.05) is 0 Å². The van der Waals surface area contributed by atoms with Crippen molar-refractivity contribution in [3.8, 4) is 11.1 Å². The quantitative estimate of drug-likeness (QED) is 0.399. The van der Waals surface area contributed by atoms with E-state index in [0.717, 1.165) is 25.6 Å². The fraction of sp³-hybridized carbons (Fsp3) is 0.0500. The molecule has 2 heterocycles. The molecule has 0 bridgehead atoms. The Balaban J connectivity index is 1.88. The third-order valence-corrected chi connectivity index (χ3v) is 6.77. The molecule has 4 rings (SSSR count). The van der Waals surface area contributed by atoms with E-state index in [4.69, 9.17) is 0 Å². The molecule has 4 aromatic rings. The summed E-state index contributed by atoms with van der Waals surface area (Å²) in [6, 6.07) is 18.8. The monoisotopic (exact) mass is 474 g/mol. The van der Waals surface area contributed by atoms with Crippen molar-refractivity contribution in [2.24, 2.45) is 0 Å². The maximum absolute atomic E-state index is 13.0. The van der Waals surface area contributed by atoms with Gasteiger partial charge in [-0.3, -0.25) is 0 Å². The minimum absolute atomic E-state index is 0.255. The van der Waals surface area contributed by atoms with Crippen LogP contribution in [-0.2, 0) is 10.0 Å². The molecule has 0 saturated heterocycles. The van der Waals surface area contributed by atoms with Crippen LogP contribution in [-0.4, -0.2) is 17.4 Å². The molecule has 0 saturated carbocycles. The van der Waals surface area contributed by atoms with Crippen molar-refractivity contribution < 1.29 is 8.42 Å². The van der Waals surface area contributed by atoms with E-state index in [0.29, 0.717) is 5.65 Å². The first-order valence-corrected chi connectivity index (χ1v) is 10.5. The molecule has 0 aliphatic rings. The molecule has 0 atom stereocenters. The lowest BCUT2D eigenvalue weighted by Gasteiger charge is -2.08. The number of aromatic nitrogens is 2. The number of hydrogen-bond donors (Lipinski definition) is 0. The summed E-state index contributed by atoms with van der Waals surface area (Å²) in [5.74, 6) is 0. The number of benzene rings is 2. The van der Waals surface area contributed by atoms with E-state index in [2.05, 4.69) is 27.6 Å². The van der Waals surface area contributed by atoms with Crippen LogP contribution in [0.1, 0.15) is 5.56 Å². The third-order valence-electron chi connectivity index (χ3n) is 4.25. The highest BCUT2D eigenvalue weighted by Crippen LogP contribution is 2.29. The number of hydrogen-bond acceptors (Lipinski definition) is 3. The summed E-state index contributed by atoms with van der Waals surface area (Å²) in [7, 11) is -3.69. The summed E-state index contributed by atoms with van der Waals surface area (Å²) >= 11 is 2.15. The van der Waals surface area contributed by atoms with E-state index in [1.54, 1.807) is 36.7 Å². The van der Waals surface area contributed by atoms with Gasteiger partial charge < -0.3 is 0 Å². The Morgan fingerprint density at radius 3 is 2.35 bits per heavy atom. The van der Waals surface area contributed by atoms with E-state index in [9.17, 15) is 8.42 Å². The molecular formula is C20H15IN2O2S. The Morgan fingerprint density at radius 2 is 1.65 bits per heavy atom. The minimum Gasteiger partial charge on any atom is -0.237 e. The number of pyridine rings is 1. The lowest BCUT2D eigenvalue weighted by atomic mass is 10.1. The van der Waals surface area contributed by atoms with Gasteiger partial charge in [-0.1, -0.05) is 48.0 Å². The summed E-state index contributed by atoms with van der Waals surface area (Å²) in [5.41, 5.74) is 3.46. The van der Waals surface area contributed by atoms with Gasteiger partial charge in [-0.15, -0.1) is 0 Å². The molecule has 2 aromatic heterocycles. The van der Waals surface area contributed by atoms with Gasteiger partial charge in [0.15, 0.2) is 5.65 Å². The van der Waals surface area contributed by atoms with Crippen molar-refractivity contribution in [2.45, 2.75) is 11.8 Å². The second-order valence-electron chi connectivity index (χ2n) is 6.05. The number of aryl methyl sites for hydroxylation is 1. The van der Waals surface area contributed by atoms with Gasteiger partial charge in [-0.2, -0.15) is 0 Å². The molecule has 0 aliphatic carbocycles. The molecule has 0 amide bonds. The molecule has 0 aliphatic heterocycles. The Hall–Kier alpha value is -2.19. The normalized spacial score (nSPS) is 11.8. The average molecular weight is 474 g/mol. The topological polar surface area (TPSA) is 52.0 Å². The zero-order chi connectivity index (χ0) is 18.3. The summed E-state index contributed by atoms with van der Waals surface area (Å²) in [5, 5.41) is 0.822. The molecule has 6 heteroatoms. The molecule has 26 heavy (non-hydrogen) atoms. The first-order valence-electron chi connectivity index (χ1n) is 8.01. The molecule has 130 valence electrons. The maximum Gasteiger partial charge on any atom is 0.269 e. The molecule has 0 N–H and O–H groups in total. The summed E-state index contributed by atoms with van der Waals surface area (Å²) in [4.78, 5) is 4.72. The zero-order valence-corrected chi connectivity index (χ0v) is 16.9. The van der Waals surface area contributed by atoms with Gasteiger partial charge in [0, 0.05) is 26.9 Å². The largest absolute Gasteiger partial charge is 0.269 e. The van der Waals surface area contributed by atoms with Crippen molar-refractivity contribution in [1.82, 2.24) is 8.96 Å². The fourth-order valence-electron chi connectivity index (χ4n) is 2.84. The first-order chi connectivity index (χ1) is 12.5. The second-order valence-corrected chi connectivity index (χ2v) is 9.03. The van der Waals surface area contributed by atoms with Crippen molar-refractivity contribution in [3.05, 3.63) is 82.2 Å². The van der Waals surface area contributed by atoms with E-state index < -0.39 is 10.0 Å². The Bertz CT molecular complexity index is 1200. The lowest BCUT2D eigenvalue weighted by molar-refractivity contribution is 0.588. The van der Waals surface area contributed by atoms with E-state index in [1.807, 2.05) is 43.3 Å². The van der Waals surface area contributed by atoms with Crippen LogP contribution in [0.25, 0.3) is 22.2 Å². The van der Waals surface area contributed by atoms with Gasteiger partial charge in [0.1, 0.15) is 0 Å². The van der Waals surface area contributed by atoms with Gasteiger partial charge in [-0.25, -0.2) is 17.4 Å². The third kappa shape index (κ3) is 2.93. The predicted molar refractivity (Wildman–Crippen MR) is 112 cm³/mol. The van der Waals surface area contributed by atoms with Crippen LogP contribution in [0.2, 0.25) is 0 Å². The Morgan fingerprint density at radius 1 is 0.962 bits per heavy atom. The number of rotatable bonds is 3. The van der Waals surface area contributed by atoms with Crippen LogP contribution < -0.4 is 0 Å². The minimum atomic E-state index is -3.69. The molecular weight excluding hydrogens is 459 g/mol. The number of fused-ring (bicyclic) bond motifs is 1. The number of nitrogens with zero attached hydrogens (tertiary/aromatic N) is 2. The SMILES string of the molecule is Cc1ccc(S(=O)(=O)n2cc(I)c3cc(-c4ccccc4)cnc32)cc1. The van der Waals surface area contributed by atoms with Gasteiger partial charge in [0.2, 0.25) is 0 Å². The predicted octanol–water partition coefficient (Wildman–Crippen LogP) is 4.85. The van der Waals surface area contributed by atoms with Gasteiger partial charge >= 0.3 is 0 Å². The lowest BCUT2D eigenvalue weighted by Crippen LogP contribution is -2.12. The maximum atomic E-state index is 13.0. The highest BCUT2D eigenvalue weighted by molar-refractivity contribution is 14.1. The van der Waals surface area contributed by atoms with Crippen LogP contribution in [0.5, 0.6) is 0 Å². The zero-order valence-electron chi connectivity index (χ0n) is 13.9. The van der Waals surface area contributed by atoms with Gasteiger partial charge in [0.05, 0.1) is 4.90 Å². The van der Waals surface area contributed by atoms with Gasteiger partial charge in [-0.05, 0) is 53.3 Å². The van der Waals surface area contributed by atoms with Crippen molar-refractivity contribution in [3.63, 3.8) is 0 Å². The first kappa shape index (κ1) is 17.2. The van der Waals surface area contributed by atoms with Crippen molar-refractivity contribution >= 4 is 43.6 Å². The van der Waals surface area contributed by atoms with Crippen LogP contribution in [0.3, 0.4) is 0 Å². The van der Waals surface area contributed by atoms with E-state index in [-0.39, 0.29) is 4.90 Å². The van der Waals surface area contributed by atoms with Gasteiger partial charge in [0.25, 0.3) is 10.0 Å². The Kier molecular flexibility index (Phi) is 4.32. The number of halogens is 1. The van der Waals surface area contributed by atoms with Crippen LogP contribution in [0.4, 0.5) is 0 Å². The average Bonchev–Trinajstić information content (AvgIpc) is 3.00. The fourth-order valence-corrected chi connectivity index (χ4v) is 5.03. The standard InChI is InChI=1S/C20H15IN2O2S/c1-14-7-9-17(10-8-14)26(24,25)23-13-19(21)18-11-16(12-22-20(18)23)15-5-3-2-4-6-15/h2-13H,1H3. The highest BCUT2D eigenvalue weighted by Gasteiger charge is 2.21. The summed E-state index contributed by atoms with van der Waals surface area (Å²) in [6.45, 7) is 1.93. The molecule has 0 spiro atoms. The van der Waals surface area contributed by atoms with Crippen LogP contribution in [0.15, 0.2) is 78.0 Å². The van der Waals surface area contributed by atoms with E-state index in [1.165, 1.54) is 3.97 Å². The second kappa shape index (κ2) is 6.51. The molecule has 0 unspecified atom stereocenters. The summed E-state index contributed by atoms with van der Waals surface area (Å²) < 4.78 is 28.2.